The van der Waals surface area contributed by atoms with Crippen LogP contribution in [0.5, 0.6) is 0 Å². The van der Waals surface area contributed by atoms with Crippen LogP contribution in [0.2, 0.25) is 0 Å². The van der Waals surface area contributed by atoms with Crippen molar-refractivity contribution in [1.82, 2.24) is 25.0 Å². The third-order valence-corrected chi connectivity index (χ3v) is 4.87. The zero-order valence-electron chi connectivity index (χ0n) is 17.7. The monoisotopic (exact) mass is 512 g/mol. The molecular weight excluding hydrogens is 482 g/mol. The number of H-pyrrole nitrogens is 1. The largest absolute Gasteiger partial charge is 0.361 e. The third kappa shape index (κ3) is 5.49. The smallest absolute Gasteiger partial charge is 0.193 e. The molecule has 3 rings (SSSR count). The average Bonchev–Trinajstić information content (AvgIpc) is 3.21. The topological polar surface area (TPSA) is 61.2 Å². The van der Waals surface area contributed by atoms with E-state index in [0.29, 0.717) is 12.5 Å². The second-order valence-corrected chi connectivity index (χ2v) is 7.45. The van der Waals surface area contributed by atoms with Crippen molar-refractivity contribution in [3.63, 3.8) is 0 Å². The Kier molecular flexibility index (Phi) is 8.06. The molecule has 8 heteroatoms. The zero-order valence-corrected chi connectivity index (χ0v) is 20.0. The summed E-state index contributed by atoms with van der Waals surface area (Å²) in [7, 11) is 5.76. The Labute approximate surface area is 188 Å². The maximum atomic E-state index is 13.5. The SMILES string of the molecule is CN=C(NCCc1c[nH]c2ccc(F)cc12)N(C)Cc1cn(C)nc1C(C)C.I. The summed E-state index contributed by atoms with van der Waals surface area (Å²) in [6, 6.07) is 4.83. The van der Waals surface area contributed by atoms with Gasteiger partial charge < -0.3 is 15.2 Å². The van der Waals surface area contributed by atoms with Crippen molar-refractivity contribution < 1.29 is 4.39 Å². The quantitative estimate of drug-likeness (QED) is 0.298. The highest BCUT2D eigenvalue weighted by atomic mass is 127. The van der Waals surface area contributed by atoms with Crippen LogP contribution in [0.4, 0.5) is 4.39 Å². The summed E-state index contributed by atoms with van der Waals surface area (Å²) >= 11 is 0. The number of fused-ring (bicyclic) bond motifs is 1. The number of benzene rings is 1. The summed E-state index contributed by atoms with van der Waals surface area (Å²) < 4.78 is 15.4. The van der Waals surface area contributed by atoms with Crippen molar-refractivity contribution >= 4 is 40.8 Å². The molecule has 158 valence electrons. The molecule has 29 heavy (non-hydrogen) atoms. The van der Waals surface area contributed by atoms with Crippen LogP contribution in [0.1, 0.15) is 36.6 Å². The van der Waals surface area contributed by atoms with Gasteiger partial charge in [-0.2, -0.15) is 5.10 Å². The molecule has 2 aromatic heterocycles. The van der Waals surface area contributed by atoms with E-state index in [4.69, 9.17) is 0 Å². The van der Waals surface area contributed by atoms with Crippen LogP contribution >= 0.6 is 24.0 Å². The number of aromatic amines is 1. The second-order valence-electron chi connectivity index (χ2n) is 7.45. The van der Waals surface area contributed by atoms with Crippen molar-refractivity contribution in [3.05, 3.63) is 53.2 Å². The van der Waals surface area contributed by atoms with Gasteiger partial charge in [0.05, 0.1) is 5.69 Å². The van der Waals surface area contributed by atoms with Gasteiger partial charge in [0.2, 0.25) is 0 Å². The number of nitrogens with zero attached hydrogens (tertiary/aromatic N) is 4. The van der Waals surface area contributed by atoms with E-state index in [1.807, 2.05) is 25.0 Å². The molecule has 0 aliphatic rings. The summed E-state index contributed by atoms with van der Waals surface area (Å²) in [4.78, 5) is 9.69. The van der Waals surface area contributed by atoms with Gasteiger partial charge in [0.15, 0.2) is 5.96 Å². The maximum absolute atomic E-state index is 13.5. The number of hydrogen-bond donors (Lipinski definition) is 2. The minimum absolute atomic E-state index is 0. The van der Waals surface area contributed by atoms with Gasteiger partial charge in [-0.05, 0) is 36.1 Å². The molecule has 1 aromatic carbocycles. The summed E-state index contributed by atoms with van der Waals surface area (Å²) in [6.45, 7) is 5.76. The Hall–Kier alpha value is -2.10. The highest BCUT2D eigenvalue weighted by molar-refractivity contribution is 14.0. The molecule has 0 fully saturated rings. The number of halogens is 2. The van der Waals surface area contributed by atoms with Gasteiger partial charge in [-0.15, -0.1) is 24.0 Å². The maximum Gasteiger partial charge on any atom is 0.193 e. The minimum Gasteiger partial charge on any atom is -0.361 e. The average molecular weight is 512 g/mol. The van der Waals surface area contributed by atoms with E-state index in [-0.39, 0.29) is 29.8 Å². The molecular formula is C21H30FIN6. The molecule has 0 saturated heterocycles. The van der Waals surface area contributed by atoms with Crippen molar-refractivity contribution in [3.8, 4) is 0 Å². The Morgan fingerprint density at radius 3 is 2.79 bits per heavy atom. The predicted octanol–water partition coefficient (Wildman–Crippen LogP) is 4.03. The van der Waals surface area contributed by atoms with Gasteiger partial charge in [0.25, 0.3) is 0 Å². The molecule has 0 aliphatic carbocycles. The Bertz CT molecular complexity index is 975. The number of hydrogen-bond acceptors (Lipinski definition) is 2. The molecule has 0 radical (unpaired) electrons. The van der Waals surface area contributed by atoms with Crippen molar-refractivity contribution in [1.29, 1.82) is 0 Å². The van der Waals surface area contributed by atoms with Gasteiger partial charge in [-0.25, -0.2) is 4.39 Å². The lowest BCUT2D eigenvalue weighted by Gasteiger charge is -2.22. The van der Waals surface area contributed by atoms with Crippen LogP contribution in [-0.2, 0) is 20.0 Å². The lowest BCUT2D eigenvalue weighted by Crippen LogP contribution is -2.39. The predicted molar refractivity (Wildman–Crippen MR) is 128 cm³/mol. The summed E-state index contributed by atoms with van der Waals surface area (Å²) in [6.07, 6.45) is 4.79. The first-order valence-electron chi connectivity index (χ1n) is 9.58. The Balaban J connectivity index is 0.00000300. The third-order valence-electron chi connectivity index (χ3n) is 4.87. The molecule has 0 bridgehead atoms. The Morgan fingerprint density at radius 2 is 2.10 bits per heavy atom. The van der Waals surface area contributed by atoms with Crippen LogP contribution in [0.25, 0.3) is 10.9 Å². The molecule has 0 atom stereocenters. The lowest BCUT2D eigenvalue weighted by molar-refractivity contribution is 0.474. The molecule has 2 heterocycles. The van der Waals surface area contributed by atoms with Gasteiger partial charge in [0.1, 0.15) is 5.82 Å². The number of nitrogens with one attached hydrogen (secondary N) is 2. The fraction of sp³-hybridized carbons (Fsp3) is 0.429. The van der Waals surface area contributed by atoms with Gasteiger partial charge in [-0.3, -0.25) is 9.67 Å². The van der Waals surface area contributed by atoms with Gasteiger partial charge in [0, 0.05) is 63.1 Å². The second kappa shape index (κ2) is 10.1. The summed E-state index contributed by atoms with van der Waals surface area (Å²) in [5.41, 5.74) is 4.37. The van der Waals surface area contributed by atoms with Gasteiger partial charge in [-0.1, -0.05) is 13.8 Å². The summed E-state index contributed by atoms with van der Waals surface area (Å²) in [5, 5.41) is 8.91. The first-order chi connectivity index (χ1) is 13.4. The standard InChI is InChI=1S/C21H29FN6.HI/c1-14(2)20-16(13-28(5)26-20)12-27(4)21(23-3)24-9-8-15-11-25-19-7-6-17(22)10-18(15)19;/h6-7,10-11,13-14,25H,8-9,12H2,1-5H3,(H,23,24);1H. The van der Waals surface area contributed by atoms with Crippen LogP contribution in [-0.4, -0.2) is 46.3 Å². The lowest BCUT2D eigenvalue weighted by atomic mass is 10.1. The van der Waals surface area contributed by atoms with E-state index in [9.17, 15) is 4.39 Å². The van der Waals surface area contributed by atoms with E-state index in [1.54, 1.807) is 19.2 Å². The molecule has 0 aliphatic heterocycles. The normalized spacial score (nSPS) is 11.8. The first kappa shape index (κ1) is 23.2. The fourth-order valence-electron chi connectivity index (χ4n) is 3.54. The Morgan fingerprint density at radius 1 is 1.34 bits per heavy atom. The van der Waals surface area contributed by atoms with E-state index in [1.165, 1.54) is 11.6 Å². The van der Waals surface area contributed by atoms with Gasteiger partial charge >= 0.3 is 0 Å². The zero-order chi connectivity index (χ0) is 20.3. The van der Waals surface area contributed by atoms with E-state index in [0.717, 1.165) is 41.1 Å². The molecule has 6 nitrogen and oxygen atoms in total. The molecule has 2 N–H and O–H groups in total. The summed E-state index contributed by atoms with van der Waals surface area (Å²) in [5.74, 6) is 0.987. The molecule has 0 saturated carbocycles. The van der Waals surface area contributed by atoms with Crippen molar-refractivity contribution in [2.75, 3.05) is 20.6 Å². The van der Waals surface area contributed by atoms with Crippen molar-refractivity contribution in [2.45, 2.75) is 32.7 Å². The highest BCUT2D eigenvalue weighted by Crippen LogP contribution is 2.20. The van der Waals surface area contributed by atoms with Crippen LogP contribution in [0, 0.1) is 5.82 Å². The van der Waals surface area contributed by atoms with E-state index >= 15 is 0 Å². The van der Waals surface area contributed by atoms with Crippen molar-refractivity contribution in [2.24, 2.45) is 12.0 Å². The highest BCUT2D eigenvalue weighted by Gasteiger charge is 2.15. The molecule has 0 amide bonds. The molecule has 0 spiro atoms. The molecule has 0 unspecified atom stereocenters. The van der Waals surface area contributed by atoms with Crippen LogP contribution < -0.4 is 5.32 Å². The number of rotatable bonds is 6. The minimum atomic E-state index is -0.214. The van der Waals surface area contributed by atoms with E-state index < -0.39 is 0 Å². The van der Waals surface area contributed by atoms with Crippen LogP contribution in [0.15, 0.2) is 35.6 Å². The number of aryl methyl sites for hydroxylation is 1. The molecule has 3 aromatic rings. The van der Waals surface area contributed by atoms with Crippen LogP contribution in [0.3, 0.4) is 0 Å². The number of guanidine groups is 1. The number of aromatic nitrogens is 3. The van der Waals surface area contributed by atoms with E-state index in [2.05, 4.69) is 45.3 Å². The first-order valence-corrected chi connectivity index (χ1v) is 9.58. The number of aliphatic imine (C=N–C) groups is 1. The fourth-order valence-corrected chi connectivity index (χ4v) is 3.54.